The molecule has 0 bridgehead atoms. The first-order chi connectivity index (χ1) is 8.58. The van der Waals surface area contributed by atoms with E-state index in [1.54, 1.807) is 17.1 Å². The van der Waals surface area contributed by atoms with E-state index in [-0.39, 0.29) is 6.42 Å². The maximum Gasteiger partial charge on any atom is 0.309 e. The van der Waals surface area contributed by atoms with Gasteiger partial charge in [-0.2, -0.15) is 0 Å². The van der Waals surface area contributed by atoms with Crippen molar-refractivity contribution in [1.29, 1.82) is 0 Å². The summed E-state index contributed by atoms with van der Waals surface area (Å²) in [7, 11) is 0. The third-order valence-corrected chi connectivity index (χ3v) is 4.19. The lowest BCUT2D eigenvalue weighted by Gasteiger charge is -2.05. The summed E-state index contributed by atoms with van der Waals surface area (Å²) in [5.41, 5.74) is 0.635. The molecule has 0 aliphatic heterocycles. The van der Waals surface area contributed by atoms with Crippen LogP contribution in [0.15, 0.2) is 9.72 Å². The van der Waals surface area contributed by atoms with Crippen LogP contribution < -0.4 is 0 Å². The fourth-order valence-corrected chi connectivity index (χ4v) is 2.97. The maximum absolute atomic E-state index is 10.5. The fraction of sp³-hybridized carbons (Fsp3) is 0.667. The van der Waals surface area contributed by atoms with Crippen molar-refractivity contribution in [3.8, 4) is 0 Å². The molecule has 0 aliphatic rings. The molecule has 18 heavy (non-hydrogen) atoms. The van der Waals surface area contributed by atoms with Gasteiger partial charge in [0.05, 0.1) is 18.7 Å². The molecule has 0 unspecified atom stereocenters. The number of thiazole rings is 1. The van der Waals surface area contributed by atoms with E-state index < -0.39 is 5.97 Å². The Bertz CT molecular complexity index is 366. The monoisotopic (exact) mass is 289 g/mol. The Kier molecular flexibility index (Phi) is 7.31. The van der Waals surface area contributed by atoms with Crippen LogP contribution in [0, 0.1) is 5.92 Å². The first-order valence-corrected chi connectivity index (χ1v) is 7.81. The molecule has 0 spiro atoms. The van der Waals surface area contributed by atoms with Gasteiger partial charge in [-0.15, -0.1) is 11.3 Å². The van der Waals surface area contributed by atoms with Gasteiger partial charge in [0, 0.05) is 17.7 Å². The molecule has 1 heterocycles. The van der Waals surface area contributed by atoms with Crippen molar-refractivity contribution >= 4 is 29.1 Å². The molecule has 0 aliphatic carbocycles. The zero-order valence-corrected chi connectivity index (χ0v) is 12.4. The average molecular weight is 289 g/mol. The van der Waals surface area contributed by atoms with Gasteiger partial charge in [0.1, 0.15) is 4.34 Å². The minimum absolute atomic E-state index is 0.00193. The van der Waals surface area contributed by atoms with Crippen molar-refractivity contribution in [2.75, 3.05) is 19.0 Å². The SMILES string of the molecule is CC(C)CCOCCSc1nc(CC(=O)O)cs1. The number of carboxylic acids is 1. The van der Waals surface area contributed by atoms with Gasteiger partial charge >= 0.3 is 5.97 Å². The molecular weight excluding hydrogens is 270 g/mol. The van der Waals surface area contributed by atoms with Crippen molar-refractivity contribution in [3.05, 3.63) is 11.1 Å². The molecule has 0 radical (unpaired) electrons. The van der Waals surface area contributed by atoms with E-state index >= 15 is 0 Å². The molecule has 0 saturated carbocycles. The first kappa shape index (κ1) is 15.5. The van der Waals surface area contributed by atoms with Gasteiger partial charge in [-0.3, -0.25) is 4.79 Å². The lowest BCUT2D eigenvalue weighted by Crippen LogP contribution is -2.02. The maximum atomic E-state index is 10.5. The van der Waals surface area contributed by atoms with Crippen molar-refractivity contribution in [2.45, 2.75) is 31.0 Å². The highest BCUT2D eigenvalue weighted by atomic mass is 32.2. The lowest BCUT2D eigenvalue weighted by molar-refractivity contribution is -0.136. The largest absolute Gasteiger partial charge is 0.481 e. The van der Waals surface area contributed by atoms with Gasteiger partial charge in [0.25, 0.3) is 0 Å². The van der Waals surface area contributed by atoms with E-state index in [4.69, 9.17) is 9.84 Å². The van der Waals surface area contributed by atoms with E-state index in [9.17, 15) is 4.79 Å². The Morgan fingerprint density at radius 2 is 2.33 bits per heavy atom. The third kappa shape index (κ3) is 6.98. The minimum Gasteiger partial charge on any atom is -0.481 e. The van der Waals surface area contributed by atoms with Crippen LogP contribution in [0.4, 0.5) is 0 Å². The topological polar surface area (TPSA) is 59.4 Å². The van der Waals surface area contributed by atoms with Crippen molar-refractivity contribution in [1.82, 2.24) is 4.98 Å². The molecule has 6 heteroatoms. The molecule has 4 nitrogen and oxygen atoms in total. The Morgan fingerprint density at radius 1 is 1.56 bits per heavy atom. The quantitative estimate of drug-likeness (QED) is 0.559. The summed E-state index contributed by atoms with van der Waals surface area (Å²) in [4.78, 5) is 14.7. The summed E-state index contributed by atoms with van der Waals surface area (Å²) in [6.07, 6.45) is 1.09. The molecule has 1 aromatic rings. The highest BCUT2D eigenvalue weighted by molar-refractivity contribution is 8.01. The Balaban J connectivity index is 2.12. The van der Waals surface area contributed by atoms with E-state index in [1.165, 1.54) is 11.3 Å². The van der Waals surface area contributed by atoms with Crippen LogP contribution >= 0.6 is 23.1 Å². The number of carboxylic acid groups (broad SMARTS) is 1. The zero-order valence-electron chi connectivity index (χ0n) is 10.7. The number of hydrogen-bond donors (Lipinski definition) is 1. The Morgan fingerprint density at radius 3 is 3.00 bits per heavy atom. The Labute approximate surface area is 116 Å². The Hall–Kier alpha value is -0.590. The molecule has 0 atom stereocenters. The number of carbonyl (C=O) groups is 1. The summed E-state index contributed by atoms with van der Waals surface area (Å²) in [5.74, 6) is 0.696. The first-order valence-electron chi connectivity index (χ1n) is 5.94. The van der Waals surface area contributed by atoms with Crippen LogP contribution in [-0.4, -0.2) is 35.0 Å². The molecule has 1 N–H and O–H groups in total. The molecular formula is C12H19NO3S2. The van der Waals surface area contributed by atoms with Gasteiger partial charge < -0.3 is 9.84 Å². The van der Waals surface area contributed by atoms with E-state index in [0.717, 1.165) is 23.1 Å². The normalized spacial score (nSPS) is 11.1. The predicted molar refractivity (Wildman–Crippen MR) is 74.5 cm³/mol. The second kappa shape index (κ2) is 8.50. The average Bonchev–Trinajstić information content (AvgIpc) is 2.69. The number of rotatable bonds is 9. The minimum atomic E-state index is -0.839. The standard InChI is InChI=1S/C12H19NO3S2/c1-9(2)3-4-16-5-6-17-12-13-10(8-18-12)7-11(14)15/h8-9H,3-7H2,1-2H3,(H,14,15). The smallest absolute Gasteiger partial charge is 0.309 e. The number of ether oxygens (including phenoxy) is 1. The van der Waals surface area contributed by atoms with Crippen LogP contribution in [-0.2, 0) is 16.0 Å². The molecule has 0 saturated heterocycles. The van der Waals surface area contributed by atoms with Crippen LogP contribution in [0.1, 0.15) is 26.0 Å². The van der Waals surface area contributed by atoms with Gasteiger partial charge in [-0.1, -0.05) is 25.6 Å². The highest BCUT2D eigenvalue weighted by Gasteiger charge is 2.06. The van der Waals surface area contributed by atoms with Crippen molar-refractivity contribution < 1.29 is 14.6 Å². The molecule has 1 aromatic heterocycles. The predicted octanol–water partition coefficient (Wildman–Crippen LogP) is 2.93. The van der Waals surface area contributed by atoms with E-state index in [2.05, 4.69) is 18.8 Å². The van der Waals surface area contributed by atoms with E-state index in [1.807, 2.05) is 0 Å². The third-order valence-electron chi connectivity index (χ3n) is 2.16. The van der Waals surface area contributed by atoms with E-state index in [0.29, 0.717) is 18.2 Å². The van der Waals surface area contributed by atoms with Crippen molar-refractivity contribution in [2.24, 2.45) is 5.92 Å². The highest BCUT2D eigenvalue weighted by Crippen LogP contribution is 2.22. The van der Waals surface area contributed by atoms with Crippen molar-refractivity contribution in [3.63, 3.8) is 0 Å². The number of nitrogens with zero attached hydrogens (tertiary/aromatic N) is 1. The molecule has 1 rings (SSSR count). The second-order valence-electron chi connectivity index (χ2n) is 4.32. The number of aromatic nitrogens is 1. The summed E-state index contributed by atoms with van der Waals surface area (Å²) in [6.45, 7) is 5.88. The zero-order chi connectivity index (χ0) is 13.4. The second-order valence-corrected chi connectivity index (χ2v) is 6.52. The van der Waals surface area contributed by atoms with Gasteiger partial charge in [-0.25, -0.2) is 4.98 Å². The van der Waals surface area contributed by atoms with Crippen LogP contribution in [0.3, 0.4) is 0 Å². The van der Waals surface area contributed by atoms with Gasteiger partial charge in [-0.05, 0) is 12.3 Å². The van der Waals surface area contributed by atoms with Crippen LogP contribution in [0.5, 0.6) is 0 Å². The lowest BCUT2D eigenvalue weighted by atomic mass is 10.1. The van der Waals surface area contributed by atoms with Crippen LogP contribution in [0.2, 0.25) is 0 Å². The fourth-order valence-electron chi connectivity index (χ4n) is 1.20. The molecule has 0 fully saturated rings. The number of hydrogen-bond acceptors (Lipinski definition) is 5. The number of thioether (sulfide) groups is 1. The molecule has 0 amide bonds. The summed E-state index contributed by atoms with van der Waals surface area (Å²) < 4.78 is 6.41. The van der Waals surface area contributed by atoms with Gasteiger partial charge in [0.2, 0.25) is 0 Å². The summed E-state index contributed by atoms with van der Waals surface area (Å²) in [6, 6.07) is 0. The summed E-state index contributed by atoms with van der Waals surface area (Å²) >= 11 is 3.11. The van der Waals surface area contributed by atoms with Crippen LogP contribution in [0.25, 0.3) is 0 Å². The molecule has 102 valence electrons. The van der Waals surface area contributed by atoms with Gasteiger partial charge in [0.15, 0.2) is 0 Å². The molecule has 0 aromatic carbocycles. The number of aliphatic carboxylic acids is 1. The summed E-state index contributed by atoms with van der Waals surface area (Å²) in [5, 5.41) is 10.4.